The van der Waals surface area contributed by atoms with Gasteiger partial charge in [-0.05, 0) is 0 Å². The van der Waals surface area contributed by atoms with Crippen molar-refractivity contribution in [1.29, 1.82) is 0 Å². The summed E-state index contributed by atoms with van der Waals surface area (Å²) in [5.41, 5.74) is 0. The molecule has 3 amide bonds. The second-order valence-electron chi connectivity index (χ2n) is 3.97. The van der Waals surface area contributed by atoms with Crippen molar-refractivity contribution in [3.63, 3.8) is 0 Å². The average Bonchev–Trinajstić information content (AvgIpc) is 2.36. The first-order chi connectivity index (χ1) is 8.54. The summed E-state index contributed by atoms with van der Waals surface area (Å²) in [4.78, 5) is 35.0. The second kappa shape index (κ2) is 6.92. The summed E-state index contributed by atoms with van der Waals surface area (Å²) < 4.78 is 0. The summed E-state index contributed by atoms with van der Waals surface area (Å²) >= 11 is 0. The van der Waals surface area contributed by atoms with Crippen LogP contribution in [0.4, 0.5) is 4.79 Å². The molecule has 1 fully saturated rings. The van der Waals surface area contributed by atoms with Crippen molar-refractivity contribution in [2.75, 3.05) is 33.2 Å². The Balaban J connectivity index is 2.38. The number of hydrogen-bond acceptors (Lipinski definition) is 5. The molecule has 8 nitrogen and oxygen atoms in total. The van der Waals surface area contributed by atoms with Crippen LogP contribution in [0.3, 0.4) is 0 Å². The molecule has 0 bridgehead atoms. The highest BCUT2D eigenvalue weighted by atomic mass is 16.4. The zero-order valence-corrected chi connectivity index (χ0v) is 10.2. The van der Waals surface area contributed by atoms with E-state index in [0.717, 1.165) is 0 Å². The van der Waals surface area contributed by atoms with E-state index >= 15 is 0 Å². The fourth-order valence-electron chi connectivity index (χ4n) is 1.75. The van der Waals surface area contributed by atoms with Gasteiger partial charge in [0.15, 0.2) is 0 Å². The Morgan fingerprint density at radius 1 is 1.44 bits per heavy atom. The standard InChI is InChI=1S/C10H18N4O4/c1-11-10(18)13-8(15)2-4-14-5-3-12-6-7(14)9(16)17/h7,12H,2-6H2,1H3,(H,16,17)(H2,11,13,15,18). The molecule has 4 N–H and O–H groups in total. The molecular formula is C10H18N4O4. The fraction of sp³-hybridized carbons (Fsp3) is 0.700. The van der Waals surface area contributed by atoms with Crippen LogP contribution in [0.1, 0.15) is 6.42 Å². The molecule has 1 aliphatic heterocycles. The molecule has 0 aromatic rings. The summed E-state index contributed by atoms with van der Waals surface area (Å²) in [6.45, 7) is 1.96. The molecule has 102 valence electrons. The van der Waals surface area contributed by atoms with Gasteiger partial charge in [-0.1, -0.05) is 0 Å². The van der Waals surface area contributed by atoms with Gasteiger partial charge in [-0.3, -0.25) is 19.8 Å². The van der Waals surface area contributed by atoms with E-state index < -0.39 is 23.9 Å². The molecular weight excluding hydrogens is 240 g/mol. The normalized spacial score (nSPS) is 20.2. The Morgan fingerprint density at radius 2 is 2.17 bits per heavy atom. The highest BCUT2D eigenvalue weighted by Gasteiger charge is 2.28. The molecule has 0 radical (unpaired) electrons. The molecule has 0 aromatic heterocycles. The van der Waals surface area contributed by atoms with Crippen molar-refractivity contribution < 1.29 is 19.5 Å². The molecule has 0 saturated carbocycles. The first kappa shape index (κ1) is 14.4. The van der Waals surface area contributed by atoms with Crippen LogP contribution in [0.25, 0.3) is 0 Å². The van der Waals surface area contributed by atoms with Crippen molar-refractivity contribution in [2.24, 2.45) is 0 Å². The molecule has 1 aliphatic rings. The number of urea groups is 1. The first-order valence-electron chi connectivity index (χ1n) is 5.73. The summed E-state index contributed by atoms with van der Waals surface area (Å²) in [7, 11) is 1.42. The zero-order chi connectivity index (χ0) is 13.5. The van der Waals surface area contributed by atoms with Gasteiger partial charge >= 0.3 is 12.0 Å². The minimum absolute atomic E-state index is 0.0944. The lowest BCUT2D eigenvalue weighted by Gasteiger charge is -2.33. The van der Waals surface area contributed by atoms with Gasteiger partial charge in [0.1, 0.15) is 6.04 Å². The molecule has 0 aromatic carbocycles. The predicted octanol–water partition coefficient (Wildman–Crippen LogP) is -1.81. The average molecular weight is 258 g/mol. The zero-order valence-electron chi connectivity index (χ0n) is 10.2. The Bertz CT molecular complexity index is 334. The smallest absolute Gasteiger partial charge is 0.322 e. The Hall–Kier alpha value is -1.67. The van der Waals surface area contributed by atoms with Crippen molar-refractivity contribution in [1.82, 2.24) is 20.9 Å². The van der Waals surface area contributed by atoms with Crippen molar-refractivity contribution in [2.45, 2.75) is 12.5 Å². The van der Waals surface area contributed by atoms with Crippen LogP contribution in [-0.2, 0) is 9.59 Å². The van der Waals surface area contributed by atoms with E-state index in [2.05, 4.69) is 16.0 Å². The third kappa shape index (κ3) is 4.30. The predicted molar refractivity (Wildman–Crippen MR) is 63.1 cm³/mol. The quantitative estimate of drug-likeness (QED) is 0.473. The molecule has 8 heteroatoms. The lowest BCUT2D eigenvalue weighted by molar-refractivity contribution is -0.144. The van der Waals surface area contributed by atoms with Gasteiger partial charge in [0.25, 0.3) is 0 Å². The molecule has 1 rings (SSSR count). The number of piperazine rings is 1. The van der Waals surface area contributed by atoms with Crippen molar-refractivity contribution in [3.05, 3.63) is 0 Å². The highest BCUT2D eigenvalue weighted by Crippen LogP contribution is 2.04. The van der Waals surface area contributed by atoms with Crippen LogP contribution < -0.4 is 16.0 Å². The van der Waals surface area contributed by atoms with Gasteiger partial charge in [-0.25, -0.2) is 4.79 Å². The number of nitrogens with zero attached hydrogens (tertiary/aromatic N) is 1. The molecule has 1 heterocycles. The molecule has 0 aliphatic carbocycles. The lowest BCUT2D eigenvalue weighted by atomic mass is 10.2. The molecule has 1 saturated heterocycles. The third-order valence-corrected chi connectivity index (χ3v) is 2.75. The topological polar surface area (TPSA) is 111 Å². The largest absolute Gasteiger partial charge is 0.480 e. The highest BCUT2D eigenvalue weighted by molar-refractivity contribution is 5.94. The van der Waals surface area contributed by atoms with E-state index in [1.807, 2.05) is 0 Å². The van der Waals surface area contributed by atoms with Gasteiger partial charge in [-0.2, -0.15) is 0 Å². The molecule has 1 unspecified atom stereocenters. The number of carboxylic acids is 1. The van der Waals surface area contributed by atoms with Crippen molar-refractivity contribution in [3.8, 4) is 0 Å². The van der Waals surface area contributed by atoms with E-state index in [1.165, 1.54) is 7.05 Å². The fourth-order valence-corrected chi connectivity index (χ4v) is 1.75. The van der Waals surface area contributed by atoms with Gasteiger partial charge < -0.3 is 15.7 Å². The summed E-state index contributed by atoms with van der Waals surface area (Å²) in [5.74, 6) is -1.33. The van der Waals surface area contributed by atoms with Crippen LogP contribution in [0.15, 0.2) is 0 Å². The van der Waals surface area contributed by atoms with E-state index in [4.69, 9.17) is 5.11 Å². The SMILES string of the molecule is CNC(=O)NC(=O)CCN1CCNCC1C(=O)O. The number of carbonyl (C=O) groups excluding carboxylic acids is 2. The lowest BCUT2D eigenvalue weighted by Crippen LogP contribution is -2.55. The number of aliphatic carboxylic acids is 1. The number of imide groups is 1. The number of hydrogen-bond donors (Lipinski definition) is 4. The van der Waals surface area contributed by atoms with Gasteiger partial charge in [0, 0.05) is 39.6 Å². The molecule has 1 atom stereocenters. The van der Waals surface area contributed by atoms with E-state index in [1.54, 1.807) is 4.90 Å². The van der Waals surface area contributed by atoms with Gasteiger partial charge in [0.05, 0.1) is 0 Å². The van der Waals surface area contributed by atoms with Crippen LogP contribution in [-0.4, -0.2) is 67.2 Å². The van der Waals surface area contributed by atoms with E-state index in [0.29, 0.717) is 26.2 Å². The number of carbonyl (C=O) groups is 3. The number of rotatable bonds is 4. The second-order valence-corrected chi connectivity index (χ2v) is 3.97. The number of amides is 3. The van der Waals surface area contributed by atoms with Crippen LogP contribution in [0.2, 0.25) is 0 Å². The monoisotopic (exact) mass is 258 g/mol. The minimum atomic E-state index is -0.908. The maximum absolute atomic E-state index is 11.4. The third-order valence-electron chi connectivity index (χ3n) is 2.75. The van der Waals surface area contributed by atoms with Crippen LogP contribution in [0, 0.1) is 0 Å². The van der Waals surface area contributed by atoms with Gasteiger partial charge in [0.2, 0.25) is 5.91 Å². The summed E-state index contributed by atoms with van der Waals surface area (Å²) in [5, 5.41) is 16.4. The van der Waals surface area contributed by atoms with Crippen LogP contribution in [0.5, 0.6) is 0 Å². The summed E-state index contributed by atoms with van der Waals surface area (Å²) in [6, 6.07) is -1.18. The summed E-state index contributed by atoms with van der Waals surface area (Å²) in [6.07, 6.45) is 0.0944. The molecule has 18 heavy (non-hydrogen) atoms. The van der Waals surface area contributed by atoms with E-state index in [9.17, 15) is 14.4 Å². The molecule has 0 spiro atoms. The minimum Gasteiger partial charge on any atom is -0.480 e. The first-order valence-corrected chi connectivity index (χ1v) is 5.73. The Morgan fingerprint density at radius 3 is 2.78 bits per heavy atom. The maximum Gasteiger partial charge on any atom is 0.322 e. The Kier molecular flexibility index (Phi) is 5.53. The number of carboxylic acid groups (broad SMARTS) is 1. The number of nitrogens with one attached hydrogen (secondary N) is 3. The van der Waals surface area contributed by atoms with Crippen LogP contribution >= 0.6 is 0 Å². The van der Waals surface area contributed by atoms with E-state index in [-0.39, 0.29) is 6.42 Å². The maximum atomic E-state index is 11.4. The van der Waals surface area contributed by atoms with Gasteiger partial charge in [-0.15, -0.1) is 0 Å². The van der Waals surface area contributed by atoms with Crippen molar-refractivity contribution >= 4 is 17.9 Å². The Labute approximate surface area is 105 Å².